The first-order valence-electron chi connectivity index (χ1n) is 11.6. The highest BCUT2D eigenvalue weighted by atomic mass is 19.1. The summed E-state index contributed by atoms with van der Waals surface area (Å²) in [6, 6.07) is 0. The molecule has 0 bridgehead atoms. The van der Waals surface area contributed by atoms with E-state index in [0.29, 0.717) is 6.20 Å². The van der Waals surface area contributed by atoms with E-state index in [1.165, 1.54) is 13.8 Å². The van der Waals surface area contributed by atoms with Gasteiger partial charge in [0.2, 0.25) is 5.82 Å². The fraction of sp³-hybridized carbons (Fsp3) is 0.652. The Kier molecular flexibility index (Phi) is 9.36. The van der Waals surface area contributed by atoms with E-state index in [-0.39, 0.29) is 19.3 Å². The Morgan fingerprint density at radius 3 is 2.14 bits per heavy atom. The van der Waals surface area contributed by atoms with Gasteiger partial charge in [-0.1, -0.05) is 13.8 Å². The molecule has 3 N–H and O–H groups in total. The number of nitrogens with zero attached hydrogens (tertiary/aromatic N) is 1. The molecule has 13 nitrogen and oxygen atoms in total. The first-order chi connectivity index (χ1) is 17.2. The zero-order valence-corrected chi connectivity index (χ0v) is 20.9. The molecule has 0 saturated carbocycles. The minimum atomic E-state index is -1.40. The first kappa shape index (κ1) is 29.7. The summed E-state index contributed by atoms with van der Waals surface area (Å²) in [6.07, 6.45) is -3.75. The molecule has 0 radical (unpaired) electrons. The molecule has 14 heteroatoms. The van der Waals surface area contributed by atoms with Gasteiger partial charge in [-0.15, -0.1) is 0 Å². The van der Waals surface area contributed by atoms with Gasteiger partial charge >= 0.3 is 29.6 Å². The van der Waals surface area contributed by atoms with Crippen molar-refractivity contribution < 1.29 is 48.0 Å². The van der Waals surface area contributed by atoms with Crippen molar-refractivity contribution in [2.45, 2.75) is 78.2 Å². The summed E-state index contributed by atoms with van der Waals surface area (Å²) in [5.41, 5.74) is -5.01. The van der Waals surface area contributed by atoms with Crippen molar-refractivity contribution in [3.05, 3.63) is 32.9 Å². The van der Waals surface area contributed by atoms with Gasteiger partial charge in [-0.05, 0) is 26.7 Å². The molecule has 1 saturated heterocycles. The van der Waals surface area contributed by atoms with Crippen LogP contribution in [0.4, 0.5) is 4.39 Å². The van der Waals surface area contributed by atoms with Crippen LogP contribution in [0.25, 0.3) is 0 Å². The van der Waals surface area contributed by atoms with Crippen molar-refractivity contribution in [2.75, 3.05) is 6.61 Å². The van der Waals surface area contributed by atoms with Crippen LogP contribution < -0.4 is 11.2 Å². The van der Waals surface area contributed by atoms with Gasteiger partial charge < -0.3 is 24.4 Å². The van der Waals surface area contributed by atoms with Gasteiger partial charge in [-0.25, -0.2) is 4.79 Å². The summed E-state index contributed by atoms with van der Waals surface area (Å²) in [7, 11) is 0. The van der Waals surface area contributed by atoms with Gasteiger partial charge in [0.1, 0.15) is 25.0 Å². The Labute approximate surface area is 210 Å². The quantitative estimate of drug-likeness (QED) is 0.329. The maximum Gasteiger partial charge on any atom is 0.330 e. The summed E-state index contributed by atoms with van der Waals surface area (Å²) in [5, 5.41) is 18.8. The van der Waals surface area contributed by atoms with Crippen LogP contribution in [0, 0.1) is 16.6 Å². The molecule has 2 rings (SSSR count). The molecular formula is C23H31FN2O11. The maximum absolute atomic E-state index is 13.8. The molecule has 37 heavy (non-hydrogen) atoms. The van der Waals surface area contributed by atoms with E-state index >= 15 is 0 Å². The third-order valence-corrected chi connectivity index (χ3v) is 6.77. The molecule has 2 heterocycles. The second kappa shape index (κ2) is 11.7. The van der Waals surface area contributed by atoms with Crippen LogP contribution in [-0.4, -0.2) is 62.5 Å². The van der Waals surface area contributed by atoms with Crippen molar-refractivity contribution in [2.24, 2.45) is 10.8 Å². The number of aliphatic carboxylic acids is 2. The topological polar surface area (TPSA) is 191 Å². The molecule has 1 aromatic rings. The number of hydrogen-bond donors (Lipinski definition) is 3. The Balaban J connectivity index is 2.23. The minimum Gasteiger partial charge on any atom is -0.481 e. The van der Waals surface area contributed by atoms with Gasteiger partial charge in [0.15, 0.2) is 0 Å². The van der Waals surface area contributed by atoms with Crippen LogP contribution in [0.1, 0.15) is 66.0 Å². The van der Waals surface area contributed by atoms with Gasteiger partial charge in [-0.3, -0.25) is 33.5 Å². The van der Waals surface area contributed by atoms with Gasteiger partial charge in [-0.2, -0.15) is 4.39 Å². The van der Waals surface area contributed by atoms with Crippen LogP contribution in [-0.2, 0) is 33.4 Å². The van der Waals surface area contributed by atoms with E-state index in [4.69, 9.17) is 14.2 Å². The average molecular weight is 531 g/mol. The highest BCUT2D eigenvalue weighted by Crippen LogP contribution is 2.33. The normalized spacial score (nSPS) is 22.5. The minimum absolute atomic E-state index is 0.133. The second-order valence-corrected chi connectivity index (χ2v) is 9.51. The van der Waals surface area contributed by atoms with Crippen LogP contribution in [0.5, 0.6) is 0 Å². The number of aromatic nitrogens is 2. The second-order valence-electron chi connectivity index (χ2n) is 9.51. The lowest BCUT2D eigenvalue weighted by molar-refractivity contribution is -0.166. The highest BCUT2D eigenvalue weighted by Gasteiger charge is 2.43. The lowest BCUT2D eigenvalue weighted by Crippen LogP contribution is -2.36. The highest BCUT2D eigenvalue weighted by molar-refractivity contribution is 5.82. The molecule has 1 aliphatic rings. The molecule has 0 amide bonds. The molecule has 1 aromatic heterocycles. The molecule has 206 valence electrons. The van der Waals surface area contributed by atoms with Crippen LogP contribution in [0.15, 0.2) is 15.8 Å². The monoisotopic (exact) mass is 530 g/mol. The average Bonchev–Trinajstić information content (AvgIpc) is 3.21. The lowest BCUT2D eigenvalue weighted by Gasteiger charge is -2.25. The predicted molar refractivity (Wildman–Crippen MR) is 122 cm³/mol. The summed E-state index contributed by atoms with van der Waals surface area (Å²) < 4.78 is 30.8. The predicted octanol–water partition coefficient (Wildman–Crippen LogP) is 1.20. The van der Waals surface area contributed by atoms with Crippen molar-refractivity contribution in [1.82, 2.24) is 9.55 Å². The standard InChI is InChI=1S/C23H31FN2O11/c1-5-22(3,19(30)31)8-16(27)35-11-14-13(37-17(28)9-23(4,6-2)20(32)33)7-15(36-14)26-10-12(24)18(29)25-21(26)34/h10,13-15H,5-9,11H2,1-4H3,(H,30,31)(H,32,33)(H,25,29,34)/t13?,14-,15-,22?,23?/m0/s1. The number of carbonyl (C=O) groups excluding carboxylic acids is 2. The summed E-state index contributed by atoms with van der Waals surface area (Å²) in [4.78, 5) is 73.3. The molecule has 0 aliphatic carbocycles. The van der Waals surface area contributed by atoms with Gasteiger partial charge in [0, 0.05) is 6.42 Å². The number of carbonyl (C=O) groups is 4. The fourth-order valence-electron chi connectivity index (χ4n) is 3.60. The number of H-pyrrole nitrogens is 1. The number of esters is 2. The van der Waals surface area contributed by atoms with Crippen molar-refractivity contribution in [3.63, 3.8) is 0 Å². The number of ether oxygens (including phenoxy) is 3. The lowest BCUT2D eigenvalue weighted by atomic mass is 9.84. The van der Waals surface area contributed by atoms with Crippen molar-refractivity contribution in [3.8, 4) is 0 Å². The maximum atomic E-state index is 13.8. The molecule has 1 aliphatic heterocycles. The fourth-order valence-corrected chi connectivity index (χ4v) is 3.60. The van der Waals surface area contributed by atoms with Gasteiger partial charge in [0.05, 0.1) is 29.9 Å². The van der Waals surface area contributed by atoms with Crippen molar-refractivity contribution >= 4 is 23.9 Å². The largest absolute Gasteiger partial charge is 0.481 e. The van der Waals surface area contributed by atoms with E-state index in [2.05, 4.69) is 0 Å². The Morgan fingerprint density at radius 1 is 1.08 bits per heavy atom. The van der Waals surface area contributed by atoms with E-state index in [1.54, 1.807) is 18.8 Å². The SMILES string of the molecule is CCC(C)(CC(=O)OC[C@@H]1O[C@H](n2cc(F)c(=O)[nH]c2=O)CC1OC(=O)CC(C)(CC)C(=O)O)C(=O)O. The molecule has 5 atom stereocenters. The van der Waals surface area contributed by atoms with E-state index in [1.807, 2.05) is 0 Å². The number of carboxylic acids is 2. The molecule has 0 spiro atoms. The Morgan fingerprint density at radius 2 is 1.62 bits per heavy atom. The first-order valence-corrected chi connectivity index (χ1v) is 11.6. The summed E-state index contributed by atoms with van der Waals surface area (Å²) in [6.45, 7) is 5.45. The molecular weight excluding hydrogens is 499 g/mol. The summed E-state index contributed by atoms with van der Waals surface area (Å²) in [5.74, 6) is -5.40. The number of aromatic amines is 1. The number of rotatable bonds is 12. The summed E-state index contributed by atoms with van der Waals surface area (Å²) >= 11 is 0. The molecule has 1 fully saturated rings. The third-order valence-electron chi connectivity index (χ3n) is 6.77. The Bertz CT molecular complexity index is 1160. The van der Waals surface area contributed by atoms with E-state index < -0.39 is 89.7 Å². The van der Waals surface area contributed by atoms with Crippen LogP contribution >= 0.6 is 0 Å². The van der Waals surface area contributed by atoms with E-state index in [9.17, 15) is 43.4 Å². The number of carboxylic acid groups (broad SMARTS) is 2. The Hall–Kier alpha value is -3.55. The molecule has 3 unspecified atom stereocenters. The number of hydrogen-bond acceptors (Lipinski definition) is 9. The number of halogens is 1. The van der Waals surface area contributed by atoms with E-state index in [0.717, 1.165) is 4.57 Å². The zero-order valence-electron chi connectivity index (χ0n) is 20.9. The third kappa shape index (κ3) is 7.02. The van der Waals surface area contributed by atoms with Crippen LogP contribution in [0.3, 0.4) is 0 Å². The van der Waals surface area contributed by atoms with Gasteiger partial charge in [0.25, 0.3) is 5.56 Å². The van der Waals surface area contributed by atoms with Crippen LogP contribution in [0.2, 0.25) is 0 Å². The number of nitrogens with one attached hydrogen (secondary N) is 1. The zero-order chi connectivity index (χ0) is 28.1. The smallest absolute Gasteiger partial charge is 0.330 e. The molecule has 0 aromatic carbocycles. The van der Waals surface area contributed by atoms with Crippen molar-refractivity contribution in [1.29, 1.82) is 0 Å².